The number of pyridine rings is 1. The Bertz CT molecular complexity index is 453. The van der Waals surface area contributed by atoms with Crippen molar-refractivity contribution >= 4 is 23.3 Å². The molecule has 0 aromatic carbocycles. The van der Waals surface area contributed by atoms with Crippen LogP contribution in [0, 0.1) is 0 Å². The smallest absolute Gasteiger partial charge is 0.255 e. The summed E-state index contributed by atoms with van der Waals surface area (Å²) in [6.45, 7) is 3.68. The van der Waals surface area contributed by atoms with Crippen LogP contribution in [0.4, 0.5) is 5.82 Å². The summed E-state index contributed by atoms with van der Waals surface area (Å²) in [4.78, 5) is 18.3. The molecule has 18 heavy (non-hydrogen) atoms. The monoisotopic (exact) mass is 269 g/mol. The maximum Gasteiger partial charge on any atom is 0.255 e. The Labute approximate surface area is 111 Å². The predicted molar refractivity (Wildman–Crippen MR) is 70.1 cm³/mol. The largest absolute Gasteiger partial charge is 0.377 e. The van der Waals surface area contributed by atoms with E-state index in [4.69, 9.17) is 16.3 Å². The summed E-state index contributed by atoms with van der Waals surface area (Å²) in [6, 6.07) is 1.74. The maximum atomic E-state index is 12.4. The fourth-order valence-electron chi connectivity index (χ4n) is 1.92. The Morgan fingerprint density at radius 1 is 1.67 bits per heavy atom. The summed E-state index contributed by atoms with van der Waals surface area (Å²) in [5.41, 5.74) is 0.477. The van der Waals surface area contributed by atoms with Gasteiger partial charge in [-0.15, -0.1) is 0 Å². The molecule has 0 radical (unpaired) electrons. The molecule has 0 spiro atoms. The van der Waals surface area contributed by atoms with Crippen molar-refractivity contribution in [2.24, 2.45) is 0 Å². The van der Waals surface area contributed by atoms with Gasteiger partial charge in [-0.05, 0) is 13.0 Å². The van der Waals surface area contributed by atoms with Gasteiger partial charge >= 0.3 is 0 Å². The third kappa shape index (κ3) is 2.57. The van der Waals surface area contributed by atoms with Gasteiger partial charge in [-0.2, -0.15) is 0 Å². The number of hydrogen-bond acceptors (Lipinski definition) is 4. The van der Waals surface area contributed by atoms with Gasteiger partial charge in [-0.3, -0.25) is 4.79 Å². The summed E-state index contributed by atoms with van der Waals surface area (Å²) in [7, 11) is 1.75. The number of ether oxygens (including phenoxy) is 1. The Morgan fingerprint density at radius 2 is 2.44 bits per heavy atom. The van der Waals surface area contributed by atoms with Gasteiger partial charge in [-0.25, -0.2) is 4.98 Å². The average Bonchev–Trinajstić information content (AvgIpc) is 2.39. The van der Waals surface area contributed by atoms with Crippen LogP contribution in [0.25, 0.3) is 0 Å². The molecule has 1 amide bonds. The van der Waals surface area contributed by atoms with Gasteiger partial charge in [0.2, 0.25) is 0 Å². The summed E-state index contributed by atoms with van der Waals surface area (Å²) >= 11 is 6.05. The minimum Gasteiger partial charge on any atom is -0.377 e. The normalized spacial score (nSPS) is 19.7. The molecule has 1 aliphatic heterocycles. The van der Waals surface area contributed by atoms with E-state index in [-0.39, 0.29) is 11.9 Å². The van der Waals surface area contributed by atoms with Crippen LogP contribution in [-0.4, -0.2) is 48.6 Å². The first kappa shape index (κ1) is 13.1. The van der Waals surface area contributed by atoms with Crippen LogP contribution in [0.3, 0.4) is 0 Å². The lowest BCUT2D eigenvalue weighted by molar-refractivity contribution is 0.00360. The van der Waals surface area contributed by atoms with Crippen molar-refractivity contribution in [1.29, 1.82) is 0 Å². The molecular weight excluding hydrogens is 254 g/mol. The van der Waals surface area contributed by atoms with E-state index in [1.54, 1.807) is 18.0 Å². The quantitative estimate of drug-likeness (QED) is 0.887. The topological polar surface area (TPSA) is 54.5 Å². The van der Waals surface area contributed by atoms with E-state index >= 15 is 0 Å². The van der Waals surface area contributed by atoms with E-state index in [1.165, 1.54) is 6.20 Å². The van der Waals surface area contributed by atoms with E-state index in [1.807, 2.05) is 6.92 Å². The molecule has 1 atom stereocenters. The number of carbonyl (C=O) groups is 1. The van der Waals surface area contributed by atoms with Gasteiger partial charge in [0.05, 0.1) is 29.8 Å². The van der Waals surface area contributed by atoms with E-state index in [2.05, 4.69) is 10.3 Å². The van der Waals surface area contributed by atoms with E-state index in [0.717, 1.165) is 0 Å². The Morgan fingerprint density at radius 3 is 3.11 bits per heavy atom. The maximum absolute atomic E-state index is 12.4. The van der Waals surface area contributed by atoms with E-state index < -0.39 is 0 Å². The van der Waals surface area contributed by atoms with Gasteiger partial charge in [0, 0.05) is 19.8 Å². The third-order valence-corrected chi connectivity index (χ3v) is 3.27. The van der Waals surface area contributed by atoms with Crippen molar-refractivity contribution < 1.29 is 9.53 Å². The molecule has 5 nitrogen and oxygen atoms in total. The highest BCUT2D eigenvalue weighted by atomic mass is 35.5. The molecule has 0 bridgehead atoms. The number of nitrogens with one attached hydrogen (secondary N) is 1. The number of halogens is 1. The summed E-state index contributed by atoms with van der Waals surface area (Å²) in [6.07, 6.45) is 1.49. The van der Waals surface area contributed by atoms with Gasteiger partial charge in [0.15, 0.2) is 0 Å². The number of nitrogens with zero attached hydrogens (tertiary/aromatic N) is 2. The first-order valence-electron chi connectivity index (χ1n) is 5.85. The lowest BCUT2D eigenvalue weighted by Gasteiger charge is -2.33. The average molecular weight is 270 g/mol. The molecule has 0 aliphatic carbocycles. The lowest BCUT2D eigenvalue weighted by atomic mass is 10.1. The second-order valence-corrected chi connectivity index (χ2v) is 4.63. The molecule has 6 heteroatoms. The summed E-state index contributed by atoms with van der Waals surface area (Å²) in [5.74, 6) is 0.554. The van der Waals surface area contributed by atoms with Gasteiger partial charge in [0.25, 0.3) is 5.91 Å². The van der Waals surface area contributed by atoms with Crippen LogP contribution in [-0.2, 0) is 4.74 Å². The van der Waals surface area contributed by atoms with Crippen molar-refractivity contribution in [3.63, 3.8) is 0 Å². The molecule has 1 unspecified atom stereocenters. The Hall–Kier alpha value is -1.33. The second kappa shape index (κ2) is 5.54. The molecule has 1 aliphatic rings. The number of hydrogen-bond donors (Lipinski definition) is 1. The standard InChI is InChI=1S/C12H16ClN3O2/c1-8-7-18-4-3-16(8)12(17)9-5-11(14-2)15-6-10(9)13/h5-6,8H,3-4,7H2,1-2H3,(H,14,15). The first-order chi connectivity index (χ1) is 8.63. The molecule has 1 fully saturated rings. The molecule has 2 heterocycles. The summed E-state index contributed by atoms with van der Waals surface area (Å²) < 4.78 is 5.32. The predicted octanol–water partition coefficient (Wildman–Crippen LogP) is 1.64. The Kier molecular flexibility index (Phi) is 4.04. The van der Waals surface area contributed by atoms with Crippen molar-refractivity contribution in [3.8, 4) is 0 Å². The molecule has 1 aromatic rings. The molecule has 2 rings (SSSR count). The molecule has 1 saturated heterocycles. The lowest BCUT2D eigenvalue weighted by Crippen LogP contribution is -2.47. The van der Waals surface area contributed by atoms with Crippen LogP contribution in [0.5, 0.6) is 0 Å². The van der Waals surface area contributed by atoms with Gasteiger partial charge < -0.3 is 15.0 Å². The van der Waals surface area contributed by atoms with E-state index in [0.29, 0.717) is 36.2 Å². The number of carbonyl (C=O) groups excluding carboxylic acids is 1. The zero-order chi connectivity index (χ0) is 13.1. The molecule has 98 valence electrons. The zero-order valence-corrected chi connectivity index (χ0v) is 11.2. The van der Waals surface area contributed by atoms with Crippen molar-refractivity contribution in [3.05, 3.63) is 22.8 Å². The van der Waals surface area contributed by atoms with Gasteiger partial charge in [0.1, 0.15) is 5.82 Å². The highest BCUT2D eigenvalue weighted by molar-refractivity contribution is 6.33. The summed E-state index contributed by atoms with van der Waals surface area (Å²) in [5, 5.41) is 3.27. The Balaban J connectivity index is 2.27. The zero-order valence-electron chi connectivity index (χ0n) is 10.4. The van der Waals surface area contributed by atoms with E-state index in [9.17, 15) is 4.79 Å². The van der Waals surface area contributed by atoms with Gasteiger partial charge in [-0.1, -0.05) is 11.6 Å². The number of amides is 1. The number of aromatic nitrogens is 1. The SMILES string of the molecule is CNc1cc(C(=O)N2CCOCC2C)c(Cl)cn1. The minimum absolute atomic E-state index is 0.0634. The van der Waals surface area contributed by atoms with Crippen molar-refractivity contribution in [1.82, 2.24) is 9.88 Å². The van der Waals surface area contributed by atoms with Crippen LogP contribution in [0.1, 0.15) is 17.3 Å². The fourth-order valence-corrected chi connectivity index (χ4v) is 2.11. The molecular formula is C12H16ClN3O2. The molecule has 1 N–H and O–H groups in total. The van der Waals surface area contributed by atoms with Crippen LogP contribution < -0.4 is 5.32 Å². The first-order valence-corrected chi connectivity index (χ1v) is 6.23. The fraction of sp³-hybridized carbons (Fsp3) is 0.500. The minimum atomic E-state index is -0.0744. The van der Waals surface area contributed by atoms with Crippen LogP contribution in [0.2, 0.25) is 5.02 Å². The number of rotatable bonds is 2. The van der Waals surface area contributed by atoms with Crippen molar-refractivity contribution in [2.75, 3.05) is 32.1 Å². The van der Waals surface area contributed by atoms with Crippen LogP contribution in [0.15, 0.2) is 12.3 Å². The number of morpholine rings is 1. The third-order valence-electron chi connectivity index (χ3n) is 2.97. The molecule has 0 saturated carbocycles. The second-order valence-electron chi connectivity index (χ2n) is 4.22. The molecule has 1 aromatic heterocycles. The highest BCUT2D eigenvalue weighted by Crippen LogP contribution is 2.21. The highest BCUT2D eigenvalue weighted by Gasteiger charge is 2.26. The van der Waals surface area contributed by atoms with Crippen molar-refractivity contribution in [2.45, 2.75) is 13.0 Å². The van der Waals surface area contributed by atoms with Crippen LogP contribution >= 0.6 is 11.6 Å². The number of anilines is 1.